The van der Waals surface area contributed by atoms with Crippen LogP contribution in [0.25, 0.3) is 0 Å². The van der Waals surface area contributed by atoms with Gasteiger partial charge in [-0.15, -0.1) is 0 Å². The van der Waals surface area contributed by atoms with Gasteiger partial charge in [-0.3, -0.25) is 0 Å². The van der Waals surface area contributed by atoms with Crippen LogP contribution in [-0.2, 0) is 4.74 Å². The van der Waals surface area contributed by atoms with Gasteiger partial charge in [-0.2, -0.15) is 11.8 Å². The quantitative estimate of drug-likeness (QED) is 0.668. The fourth-order valence-electron chi connectivity index (χ4n) is 2.00. The second-order valence-electron chi connectivity index (χ2n) is 4.56. The Balaban J connectivity index is 1.66. The van der Waals surface area contributed by atoms with Crippen molar-refractivity contribution in [2.75, 3.05) is 32.1 Å². The SMILES string of the molecule is NCC#Cc1ccc(OCCSC2CCOCC2)cc1. The minimum Gasteiger partial charge on any atom is -0.493 e. The number of ether oxygens (including phenoxy) is 2. The number of rotatable bonds is 5. The van der Waals surface area contributed by atoms with Crippen LogP contribution in [0.5, 0.6) is 5.75 Å². The van der Waals surface area contributed by atoms with E-state index in [0.717, 1.165) is 42.1 Å². The number of hydrogen-bond acceptors (Lipinski definition) is 4. The van der Waals surface area contributed by atoms with E-state index in [1.54, 1.807) is 0 Å². The van der Waals surface area contributed by atoms with Gasteiger partial charge in [-0.25, -0.2) is 0 Å². The first-order valence-electron chi connectivity index (χ1n) is 6.99. The van der Waals surface area contributed by atoms with Gasteiger partial charge in [0.2, 0.25) is 0 Å². The van der Waals surface area contributed by atoms with Crippen molar-refractivity contribution in [3.63, 3.8) is 0 Å². The van der Waals surface area contributed by atoms with Crippen LogP contribution >= 0.6 is 11.8 Å². The molecule has 2 N–H and O–H groups in total. The van der Waals surface area contributed by atoms with Gasteiger partial charge in [-0.05, 0) is 37.1 Å². The summed E-state index contributed by atoms with van der Waals surface area (Å²) in [5.41, 5.74) is 6.31. The van der Waals surface area contributed by atoms with Gasteiger partial charge in [0.25, 0.3) is 0 Å². The third-order valence-corrected chi connectivity index (χ3v) is 4.41. The molecule has 0 spiro atoms. The van der Waals surface area contributed by atoms with Gasteiger partial charge in [0, 0.05) is 29.8 Å². The first kappa shape index (κ1) is 15.2. The van der Waals surface area contributed by atoms with E-state index in [2.05, 4.69) is 11.8 Å². The summed E-state index contributed by atoms with van der Waals surface area (Å²) in [4.78, 5) is 0. The molecule has 0 saturated carbocycles. The third kappa shape index (κ3) is 5.46. The number of nitrogens with two attached hydrogens (primary N) is 1. The van der Waals surface area contributed by atoms with Crippen molar-refractivity contribution in [1.82, 2.24) is 0 Å². The molecule has 1 aliphatic heterocycles. The lowest BCUT2D eigenvalue weighted by Crippen LogP contribution is -2.18. The number of benzene rings is 1. The van der Waals surface area contributed by atoms with Crippen molar-refractivity contribution in [2.24, 2.45) is 5.73 Å². The fraction of sp³-hybridized carbons (Fsp3) is 0.500. The van der Waals surface area contributed by atoms with Crippen LogP contribution in [0, 0.1) is 11.8 Å². The molecule has 3 nitrogen and oxygen atoms in total. The third-order valence-electron chi connectivity index (χ3n) is 3.06. The Morgan fingerprint density at radius 2 is 2.00 bits per heavy atom. The Morgan fingerprint density at radius 3 is 2.70 bits per heavy atom. The van der Waals surface area contributed by atoms with Crippen molar-refractivity contribution in [2.45, 2.75) is 18.1 Å². The maximum absolute atomic E-state index is 5.73. The lowest BCUT2D eigenvalue weighted by molar-refractivity contribution is 0.1000. The molecular formula is C16H21NO2S. The summed E-state index contributed by atoms with van der Waals surface area (Å²) >= 11 is 1.99. The lowest BCUT2D eigenvalue weighted by atomic mass is 10.2. The van der Waals surface area contributed by atoms with Crippen LogP contribution in [0.1, 0.15) is 18.4 Å². The first-order valence-corrected chi connectivity index (χ1v) is 8.04. The van der Waals surface area contributed by atoms with E-state index in [4.69, 9.17) is 15.2 Å². The summed E-state index contributed by atoms with van der Waals surface area (Å²) in [6.07, 6.45) is 2.33. The zero-order valence-corrected chi connectivity index (χ0v) is 12.5. The molecule has 20 heavy (non-hydrogen) atoms. The number of thioether (sulfide) groups is 1. The largest absolute Gasteiger partial charge is 0.493 e. The van der Waals surface area contributed by atoms with Crippen LogP contribution in [0.3, 0.4) is 0 Å². The highest BCUT2D eigenvalue weighted by atomic mass is 32.2. The molecule has 0 radical (unpaired) electrons. The van der Waals surface area contributed by atoms with E-state index in [1.807, 2.05) is 36.0 Å². The second-order valence-corrected chi connectivity index (χ2v) is 5.97. The smallest absolute Gasteiger partial charge is 0.119 e. The van der Waals surface area contributed by atoms with E-state index in [1.165, 1.54) is 12.8 Å². The van der Waals surface area contributed by atoms with Gasteiger partial charge in [0.1, 0.15) is 5.75 Å². The Morgan fingerprint density at radius 1 is 1.25 bits per heavy atom. The highest BCUT2D eigenvalue weighted by Gasteiger charge is 2.13. The van der Waals surface area contributed by atoms with Crippen LogP contribution in [0.4, 0.5) is 0 Å². The summed E-state index contributed by atoms with van der Waals surface area (Å²) in [7, 11) is 0. The second kappa shape index (κ2) is 8.91. The molecule has 0 aromatic heterocycles. The fourth-order valence-corrected chi connectivity index (χ4v) is 3.04. The molecule has 0 atom stereocenters. The highest BCUT2D eigenvalue weighted by Crippen LogP contribution is 2.22. The monoisotopic (exact) mass is 291 g/mol. The van der Waals surface area contributed by atoms with Gasteiger partial charge < -0.3 is 15.2 Å². The minimum absolute atomic E-state index is 0.391. The van der Waals surface area contributed by atoms with Gasteiger partial charge in [-0.1, -0.05) is 11.8 Å². The molecule has 2 rings (SSSR count). The highest BCUT2D eigenvalue weighted by molar-refractivity contribution is 7.99. The maximum atomic E-state index is 5.73. The van der Waals surface area contributed by atoms with Gasteiger partial charge in [0.15, 0.2) is 0 Å². The number of hydrogen-bond donors (Lipinski definition) is 1. The van der Waals surface area contributed by atoms with Crippen LogP contribution < -0.4 is 10.5 Å². The van der Waals surface area contributed by atoms with Crippen molar-refractivity contribution in [3.05, 3.63) is 29.8 Å². The Labute approximate surface area is 125 Å². The summed E-state index contributed by atoms with van der Waals surface area (Å²) < 4.78 is 11.1. The molecule has 1 aliphatic rings. The molecule has 4 heteroatoms. The molecule has 1 saturated heterocycles. The zero-order valence-electron chi connectivity index (χ0n) is 11.6. The molecule has 1 aromatic rings. The van der Waals surface area contributed by atoms with Crippen LogP contribution in [0.2, 0.25) is 0 Å². The van der Waals surface area contributed by atoms with Crippen molar-refractivity contribution in [3.8, 4) is 17.6 Å². The van der Waals surface area contributed by atoms with E-state index < -0.39 is 0 Å². The topological polar surface area (TPSA) is 44.5 Å². The van der Waals surface area contributed by atoms with Gasteiger partial charge >= 0.3 is 0 Å². The normalized spacial score (nSPS) is 15.4. The van der Waals surface area contributed by atoms with E-state index in [-0.39, 0.29) is 0 Å². The zero-order chi connectivity index (χ0) is 14.0. The van der Waals surface area contributed by atoms with Gasteiger partial charge in [0.05, 0.1) is 13.2 Å². The predicted molar refractivity (Wildman–Crippen MR) is 84.2 cm³/mol. The summed E-state index contributed by atoms with van der Waals surface area (Å²) in [6.45, 7) is 2.95. The Bertz CT molecular complexity index is 444. The van der Waals surface area contributed by atoms with Crippen molar-refractivity contribution >= 4 is 11.8 Å². The predicted octanol–water partition coefficient (Wildman–Crippen LogP) is 2.29. The molecule has 0 amide bonds. The standard InChI is InChI=1S/C16H21NO2S/c17-9-1-2-14-3-5-15(6-4-14)19-12-13-20-16-7-10-18-11-8-16/h3-6,16H,7-13,17H2. The van der Waals surface area contributed by atoms with E-state index in [0.29, 0.717) is 6.54 Å². The molecule has 0 bridgehead atoms. The Kier molecular flexibility index (Phi) is 6.79. The molecule has 108 valence electrons. The molecular weight excluding hydrogens is 270 g/mol. The maximum Gasteiger partial charge on any atom is 0.119 e. The first-order chi connectivity index (χ1) is 9.88. The minimum atomic E-state index is 0.391. The molecule has 0 unspecified atom stereocenters. The molecule has 1 fully saturated rings. The van der Waals surface area contributed by atoms with Crippen LogP contribution in [0.15, 0.2) is 24.3 Å². The molecule has 1 aromatic carbocycles. The summed E-state index contributed by atoms with van der Waals surface area (Å²) in [5.74, 6) is 7.76. The van der Waals surface area contributed by atoms with E-state index in [9.17, 15) is 0 Å². The molecule has 0 aliphatic carbocycles. The lowest BCUT2D eigenvalue weighted by Gasteiger charge is -2.21. The van der Waals surface area contributed by atoms with Crippen molar-refractivity contribution in [1.29, 1.82) is 0 Å². The van der Waals surface area contributed by atoms with E-state index >= 15 is 0 Å². The van der Waals surface area contributed by atoms with Crippen LogP contribution in [-0.4, -0.2) is 37.4 Å². The average molecular weight is 291 g/mol. The van der Waals surface area contributed by atoms with Crippen molar-refractivity contribution < 1.29 is 9.47 Å². The Hall–Kier alpha value is -1.15. The summed E-state index contributed by atoms with van der Waals surface area (Å²) in [6, 6.07) is 7.84. The summed E-state index contributed by atoms with van der Waals surface area (Å²) in [5, 5.41) is 0.737. The average Bonchev–Trinajstić information content (AvgIpc) is 2.52. The molecule has 1 heterocycles.